The predicted octanol–water partition coefficient (Wildman–Crippen LogP) is 3.11. The van der Waals surface area contributed by atoms with Crippen molar-refractivity contribution in [3.8, 4) is 17.2 Å². The van der Waals surface area contributed by atoms with Crippen LogP contribution in [0, 0.1) is 6.92 Å². The fourth-order valence-electron chi connectivity index (χ4n) is 2.93. The van der Waals surface area contributed by atoms with Crippen molar-refractivity contribution >= 4 is 17.5 Å². The molecule has 0 unspecified atom stereocenters. The van der Waals surface area contributed by atoms with E-state index in [1.165, 1.54) is 12.3 Å². The first kappa shape index (κ1) is 19.8. The van der Waals surface area contributed by atoms with E-state index in [0.29, 0.717) is 22.9 Å². The fourth-order valence-corrected chi connectivity index (χ4v) is 2.93. The monoisotopic (exact) mass is 414 g/mol. The summed E-state index contributed by atoms with van der Waals surface area (Å²) in [7, 11) is 0. The van der Waals surface area contributed by atoms with Gasteiger partial charge < -0.3 is 15.8 Å². The Balaban J connectivity index is 1.51. The van der Waals surface area contributed by atoms with Crippen LogP contribution in [0.25, 0.3) is 5.69 Å². The highest BCUT2D eigenvalue weighted by Gasteiger charge is 2.17. The number of nitrogens with two attached hydrogens (primary N) is 1. The smallest absolute Gasteiger partial charge is 0.278 e. The number of primary amides is 1. The molecule has 2 heterocycles. The number of anilines is 1. The first-order valence-electron chi connectivity index (χ1n) is 9.34. The highest BCUT2D eigenvalue weighted by atomic mass is 16.5. The van der Waals surface area contributed by atoms with Crippen molar-refractivity contribution in [2.24, 2.45) is 5.73 Å². The van der Waals surface area contributed by atoms with Gasteiger partial charge in [0, 0.05) is 24.0 Å². The lowest BCUT2D eigenvalue weighted by Crippen LogP contribution is -2.14. The van der Waals surface area contributed by atoms with Crippen molar-refractivity contribution in [3.05, 3.63) is 90.0 Å². The summed E-state index contributed by atoms with van der Waals surface area (Å²) in [4.78, 5) is 27.9. The number of nitrogens with zero attached hydrogens (tertiary/aromatic N) is 4. The van der Waals surface area contributed by atoms with Crippen LogP contribution in [0.2, 0.25) is 0 Å². The molecule has 9 heteroatoms. The second kappa shape index (κ2) is 8.46. The number of pyridine rings is 1. The van der Waals surface area contributed by atoms with Crippen molar-refractivity contribution in [3.63, 3.8) is 0 Å². The Morgan fingerprint density at radius 1 is 1.00 bits per heavy atom. The van der Waals surface area contributed by atoms with Crippen LogP contribution >= 0.6 is 0 Å². The summed E-state index contributed by atoms with van der Waals surface area (Å²) in [6.45, 7) is 1.78. The van der Waals surface area contributed by atoms with E-state index in [9.17, 15) is 9.59 Å². The molecule has 0 radical (unpaired) electrons. The Morgan fingerprint density at radius 2 is 1.77 bits per heavy atom. The highest BCUT2D eigenvalue weighted by Crippen LogP contribution is 2.25. The first-order chi connectivity index (χ1) is 15.0. The summed E-state index contributed by atoms with van der Waals surface area (Å²) >= 11 is 0. The molecular weight excluding hydrogens is 396 g/mol. The van der Waals surface area contributed by atoms with Gasteiger partial charge in [0.25, 0.3) is 11.8 Å². The Bertz CT molecular complexity index is 1250. The van der Waals surface area contributed by atoms with Gasteiger partial charge in [0.15, 0.2) is 5.69 Å². The van der Waals surface area contributed by atoms with Crippen molar-refractivity contribution in [1.82, 2.24) is 20.0 Å². The number of nitrogens with one attached hydrogen (secondary N) is 1. The van der Waals surface area contributed by atoms with Gasteiger partial charge >= 0.3 is 0 Å². The van der Waals surface area contributed by atoms with Gasteiger partial charge in [-0.05, 0) is 37.3 Å². The molecule has 0 aliphatic rings. The highest BCUT2D eigenvalue weighted by molar-refractivity contribution is 6.03. The molecule has 0 aliphatic carbocycles. The molecule has 4 aromatic rings. The van der Waals surface area contributed by atoms with Crippen molar-refractivity contribution < 1.29 is 14.3 Å². The number of hydrogen-bond acceptors (Lipinski definition) is 6. The van der Waals surface area contributed by atoms with Crippen molar-refractivity contribution in [2.75, 3.05) is 5.32 Å². The van der Waals surface area contributed by atoms with Gasteiger partial charge in [-0.25, -0.2) is 4.68 Å². The van der Waals surface area contributed by atoms with E-state index >= 15 is 0 Å². The number of amides is 2. The lowest BCUT2D eigenvalue weighted by Gasteiger charge is -2.09. The van der Waals surface area contributed by atoms with E-state index in [0.717, 1.165) is 5.69 Å². The quantitative estimate of drug-likeness (QED) is 0.499. The third kappa shape index (κ3) is 4.40. The average Bonchev–Trinajstić information content (AvgIpc) is 3.16. The van der Waals surface area contributed by atoms with E-state index in [-0.39, 0.29) is 11.4 Å². The maximum absolute atomic E-state index is 12.7. The van der Waals surface area contributed by atoms with Crippen LogP contribution in [-0.2, 0) is 0 Å². The second-order valence-electron chi connectivity index (χ2n) is 6.60. The molecule has 0 saturated carbocycles. The SMILES string of the molecule is Cc1c(C(=O)Nc2cccc(Oc3ccnc(C(N)=O)c3)c2)nnn1-c1ccccc1. The maximum Gasteiger partial charge on any atom is 0.278 e. The number of benzene rings is 2. The zero-order valence-corrected chi connectivity index (χ0v) is 16.5. The molecule has 9 nitrogen and oxygen atoms in total. The van der Waals surface area contributed by atoms with Crippen LogP contribution in [0.5, 0.6) is 11.5 Å². The molecule has 31 heavy (non-hydrogen) atoms. The summed E-state index contributed by atoms with van der Waals surface area (Å²) in [6.07, 6.45) is 1.43. The summed E-state index contributed by atoms with van der Waals surface area (Å²) < 4.78 is 7.36. The lowest BCUT2D eigenvalue weighted by molar-refractivity contribution is 0.0992. The van der Waals surface area contributed by atoms with Crippen molar-refractivity contribution in [2.45, 2.75) is 6.92 Å². The summed E-state index contributed by atoms with van der Waals surface area (Å²) in [5, 5.41) is 10.9. The molecule has 0 spiro atoms. The van der Waals surface area contributed by atoms with Gasteiger partial charge in [0.05, 0.1) is 11.4 Å². The standard InChI is InChI=1S/C22H18N6O3/c1-14-20(26-27-28(14)16-7-3-2-4-8-16)22(30)25-15-6-5-9-17(12-15)31-18-10-11-24-19(13-18)21(23)29/h2-13H,1H3,(H2,23,29)(H,25,30). The largest absolute Gasteiger partial charge is 0.457 e. The van der Waals surface area contributed by atoms with E-state index in [1.54, 1.807) is 41.9 Å². The third-order valence-corrected chi connectivity index (χ3v) is 4.42. The maximum atomic E-state index is 12.7. The number of carbonyl (C=O) groups is 2. The molecule has 154 valence electrons. The van der Waals surface area contributed by atoms with Gasteiger partial charge in [-0.1, -0.05) is 29.5 Å². The van der Waals surface area contributed by atoms with E-state index in [4.69, 9.17) is 10.5 Å². The van der Waals surface area contributed by atoms with Crippen LogP contribution in [-0.4, -0.2) is 31.8 Å². The van der Waals surface area contributed by atoms with Crippen LogP contribution in [0.3, 0.4) is 0 Å². The predicted molar refractivity (Wildman–Crippen MR) is 113 cm³/mol. The van der Waals surface area contributed by atoms with Gasteiger partial charge in [-0.3, -0.25) is 14.6 Å². The zero-order valence-electron chi connectivity index (χ0n) is 16.5. The van der Waals surface area contributed by atoms with Gasteiger partial charge in [0.1, 0.15) is 17.2 Å². The summed E-state index contributed by atoms with van der Waals surface area (Å²) in [5.41, 5.74) is 7.50. The molecule has 0 saturated heterocycles. The second-order valence-corrected chi connectivity index (χ2v) is 6.60. The Morgan fingerprint density at radius 3 is 2.55 bits per heavy atom. The molecule has 0 aliphatic heterocycles. The van der Waals surface area contributed by atoms with E-state index in [2.05, 4.69) is 20.6 Å². The first-order valence-corrected chi connectivity index (χ1v) is 9.34. The fraction of sp³-hybridized carbons (Fsp3) is 0.0455. The molecular formula is C22H18N6O3. The van der Waals surface area contributed by atoms with Gasteiger partial charge in [-0.2, -0.15) is 0 Å². The summed E-state index contributed by atoms with van der Waals surface area (Å²) in [6, 6.07) is 19.3. The number of ether oxygens (including phenoxy) is 1. The number of para-hydroxylation sites is 1. The number of rotatable bonds is 6. The number of carbonyl (C=O) groups excluding carboxylic acids is 2. The molecule has 0 fully saturated rings. The van der Waals surface area contributed by atoms with Gasteiger partial charge in [0.2, 0.25) is 0 Å². The third-order valence-electron chi connectivity index (χ3n) is 4.42. The molecule has 0 bridgehead atoms. The normalized spacial score (nSPS) is 10.5. The summed E-state index contributed by atoms with van der Waals surface area (Å²) in [5.74, 6) is -0.180. The van der Waals surface area contributed by atoms with Crippen LogP contribution in [0.1, 0.15) is 26.7 Å². The van der Waals surface area contributed by atoms with Gasteiger partial charge in [-0.15, -0.1) is 5.10 Å². The minimum Gasteiger partial charge on any atom is -0.457 e. The minimum atomic E-state index is -0.648. The minimum absolute atomic E-state index is 0.0962. The molecule has 3 N–H and O–H groups in total. The van der Waals surface area contributed by atoms with Crippen molar-refractivity contribution in [1.29, 1.82) is 0 Å². The topological polar surface area (TPSA) is 125 Å². The van der Waals surface area contributed by atoms with Crippen LogP contribution in [0.4, 0.5) is 5.69 Å². The van der Waals surface area contributed by atoms with E-state index < -0.39 is 11.8 Å². The lowest BCUT2D eigenvalue weighted by atomic mass is 10.2. The van der Waals surface area contributed by atoms with Crippen LogP contribution in [0.15, 0.2) is 72.9 Å². The zero-order chi connectivity index (χ0) is 21.8. The Hall–Kier alpha value is -4.53. The molecule has 2 aromatic heterocycles. The van der Waals surface area contributed by atoms with Crippen LogP contribution < -0.4 is 15.8 Å². The molecule has 2 aromatic carbocycles. The Labute approximate surface area is 177 Å². The molecule has 4 rings (SSSR count). The average molecular weight is 414 g/mol. The number of hydrogen-bond donors (Lipinski definition) is 2. The van der Waals surface area contributed by atoms with E-state index in [1.807, 2.05) is 30.3 Å². The number of aromatic nitrogens is 4. The molecule has 0 atom stereocenters. The Kier molecular flexibility index (Phi) is 5.39. The molecule has 2 amide bonds.